The minimum absolute atomic E-state index is 0.0364. The Bertz CT molecular complexity index is 1400. The first-order valence-corrected chi connectivity index (χ1v) is 10.1. The van der Waals surface area contributed by atoms with E-state index in [-0.39, 0.29) is 52.5 Å². The summed E-state index contributed by atoms with van der Waals surface area (Å²) in [5.74, 6) is -1.16. The second kappa shape index (κ2) is 8.05. The highest BCUT2D eigenvalue weighted by Crippen LogP contribution is 2.33. The number of ether oxygens (including phenoxy) is 1. The SMILES string of the molecule is COc1ccc(-n2c([C@H]3CC(=O)CN3C(=O)O)nc3c(Br)cc(C#N)cc3c2=O)cc1F. The van der Waals surface area contributed by atoms with Crippen molar-refractivity contribution in [3.63, 3.8) is 0 Å². The van der Waals surface area contributed by atoms with Gasteiger partial charge in [-0.2, -0.15) is 5.26 Å². The van der Waals surface area contributed by atoms with Crippen LogP contribution in [0.25, 0.3) is 16.6 Å². The average Bonchev–Trinajstić information content (AvgIpc) is 3.15. The maximum atomic E-state index is 14.5. The fourth-order valence-electron chi connectivity index (χ4n) is 3.72. The highest BCUT2D eigenvalue weighted by Gasteiger charge is 2.38. The lowest BCUT2D eigenvalue weighted by Crippen LogP contribution is -2.34. The molecule has 0 spiro atoms. The summed E-state index contributed by atoms with van der Waals surface area (Å²) in [4.78, 5) is 42.8. The van der Waals surface area contributed by atoms with Crippen LogP contribution in [0.4, 0.5) is 9.18 Å². The predicted molar refractivity (Wildman–Crippen MR) is 113 cm³/mol. The molecule has 1 aromatic heterocycles. The van der Waals surface area contributed by atoms with Crippen LogP contribution >= 0.6 is 15.9 Å². The number of carbonyl (C=O) groups is 2. The van der Waals surface area contributed by atoms with Gasteiger partial charge in [0.1, 0.15) is 11.9 Å². The summed E-state index contributed by atoms with van der Waals surface area (Å²) in [5.41, 5.74) is -0.177. The van der Waals surface area contributed by atoms with E-state index < -0.39 is 23.5 Å². The van der Waals surface area contributed by atoms with Crippen molar-refractivity contribution < 1.29 is 23.8 Å². The quantitative estimate of drug-likeness (QED) is 0.585. The lowest BCUT2D eigenvalue weighted by molar-refractivity contribution is -0.116. The van der Waals surface area contributed by atoms with Crippen molar-refractivity contribution in [3.05, 3.63) is 62.4 Å². The number of ketones is 1. The molecule has 3 aromatic rings. The van der Waals surface area contributed by atoms with E-state index in [1.807, 2.05) is 6.07 Å². The number of hydrogen-bond acceptors (Lipinski definition) is 6. The van der Waals surface area contributed by atoms with E-state index in [1.165, 1.54) is 31.4 Å². The van der Waals surface area contributed by atoms with Crippen LogP contribution in [0, 0.1) is 17.1 Å². The Morgan fingerprint density at radius 2 is 2.09 bits per heavy atom. The number of nitriles is 1. The van der Waals surface area contributed by atoms with Crippen molar-refractivity contribution in [2.24, 2.45) is 0 Å². The second-order valence-corrected chi connectivity index (χ2v) is 7.92. The molecule has 0 radical (unpaired) electrons. The molecule has 1 fully saturated rings. The van der Waals surface area contributed by atoms with Gasteiger partial charge < -0.3 is 9.84 Å². The molecular weight excluding hydrogens is 487 g/mol. The molecule has 0 saturated carbocycles. The Morgan fingerprint density at radius 3 is 2.72 bits per heavy atom. The third kappa shape index (κ3) is 3.48. The molecule has 1 atom stereocenters. The molecule has 11 heteroatoms. The number of carboxylic acid groups (broad SMARTS) is 1. The monoisotopic (exact) mass is 500 g/mol. The summed E-state index contributed by atoms with van der Waals surface area (Å²) >= 11 is 3.30. The van der Waals surface area contributed by atoms with E-state index in [2.05, 4.69) is 20.9 Å². The number of benzene rings is 2. The van der Waals surface area contributed by atoms with Crippen molar-refractivity contribution in [2.75, 3.05) is 13.7 Å². The van der Waals surface area contributed by atoms with E-state index in [9.17, 15) is 29.1 Å². The number of carbonyl (C=O) groups excluding carboxylic acids is 1. The normalized spacial score (nSPS) is 15.8. The molecule has 2 aromatic carbocycles. The highest BCUT2D eigenvalue weighted by molar-refractivity contribution is 9.10. The molecule has 1 aliphatic heterocycles. The van der Waals surface area contributed by atoms with Gasteiger partial charge in [-0.25, -0.2) is 14.2 Å². The zero-order valence-corrected chi connectivity index (χ0v) is 18.1. The molecule has 1 N–H and O–H groups in total. The zero-order valence-electron chi connectivity index (χ0n) is 16.5. The van der Waals surface area contributed by atoms with Gasteiger partial charge in [0.25, 0.3) is 5.56 Å². The number of methoxy groups -OCH3 is 1. The van der Waals surface area contributed by atoms with Crippen LogP contribution in [-0.4, -0.2) is 45.1 Å². The van der Waals surface area contributed by atoms with E-state index in [1.54, 1.807) is 0 Å². The Balaban J connectivity index is 2.09. The van der Waals surface area contributed by atoms with Crippen LogP contribution in [-0.2, 0) is 4.79 Å². The van der Waals surface area contributed by atoms with Crippen LogP contribution < -0.4 is 10.3 Å². The topological polar surface area (TPSA) is 126 Å². The van der Waals surface area contributed by atoms with E-state index in [4.69, 9.17) is 4.74 Å². The number of likely N-dealkylation sites (tertiary alicyclic amines) is 1. The van der Waals surface area contributed by atoms with Gasteiger partial charge in [-0.1, -0.05) is 0 Å². The van der Waals surface area contributed by atoms with Gasteiger partial charge in [0.05, 0.1) is 41.9 Å². The standard InChI is InChI=1S/C21H14BrFN4O5/c1-32-17-3-2-11(6-15(17)23)27-19(16-7-12(28)9-26(16)21(30)31)25-18-13(20(27)29)4-10(8-24)5-14(18)22/h2-6,16H,7,9H2,1H3,(H,30,31)/t16-/m1/s1. The van der Waals surface area contributed by atoms with Gasteiger partial charge in [0, 0.05) is 17.0 Å². The van der Waals surface area contributed by atoms with Crippen LogP contribution in [0.1, 0.15) is 23.9 Å². The van der Waals surface area contributed by atoms with E-state index >= 15 is 0 Å². The molecule has 0 unspecified atom stereocenters. The lowest BCUT2D eigenvalue weighted by atomic mass is 10.1. The van der Waals surface area contributed by atoms with Gasteiger partial charge in [0.15, 0.2) is 17.3 Å². The van der Waals surface area contributed by atoms with Crippen LogP contribution in [0.15, 0.2) is 39.6 Å². The Morgan fingerprint density at radius 1 is 1.34 bits per heavy atom. The van der Waals surface area contributed by atoms with Gasteiger partial charge in [-0.15, -0.1) is 0 Å². The lowest BCUT2D eigenvalue weighted by Gasteiger charge is -2.24. The second-order valence-electron chi connectivity index (χ2n) is 7.06. The molecule has 1 saturated heterocycles. The van der Waals surface area contributed by atoms with Crippen molar-refractivity contribution >= 4 is 38.7 Å². The molecule has 0 aliphatic carbocycles. The van der Waals surface area contributed by atoms with Gasteiger partial charge in [-0.3, -0.25) is 19.1 Å². The van der Waals surface area contributed by atoms with E-state index in [0.29, 0.717) is 4.47 Å². The molecule has 9 nitrogen and oxygen atoms in total. The maximum Gasteiger partial charge on any atom is 0.408 e. The first-order chi connectivity index (χ1) is 15.2. The first kappa shape index (κ1) is 21.5. The third-order valence-electron chi connectivity index (χ3n) is 5.16. The molecule has 2 heterocycles. The molecule has 4 rings (SSSR count). The number of Topliss-reactive ketones (excluding diaryl/α,β-unsaturated/α-hetero) is 1. The number of fused-ring (bicyclic) bond motifs is 1. The first-order valence-electron chi connectivity index (χ1n) is 9.26. The highest BCUT2D eigenvalue weighted by atomic mass is 79.9. The summed E-state index contributed by atoms with van der Waals surface area (Å²) < 4.78 is 20.8. The van der Waals surface area contributed by atoms with Gasteiger partial charge >= 0.3 is 6.09 Å². The number of aromatic nitrogens is 2. The summed E-state index contributed by atoms with van der Waals surface area (Å²) in [7, 11) is 1.29. The minimum Gasteiger partial charge on any atom is -0.494 e. The third-order valence-corrected chi connectivity index (χ3v) is 5.77. The zero-order chi connectivity index (χ0) is 23.2. The van der Waals surface area contributed by atoms with Crippen LogP contribution in [0.2, 0.25) is 0 Å². The molecular formula is C21H14BrFN4O5. The molecule has 32 heavy (non-hydrogen) atoms. The number of hydrogen-bond donors (Lipinski definition) is 1. The number of nitrogens with zero attached hydrogens (tertiary/aromatic N) is 4. The van der Waals surface area contributed by atoms with Gasteiger partial charge in [-0.05, 0) is 40.2 Å². The maximum absolute atomic E-state index is 14.5. The number of amides is 1. The summed E-state index contributed by atoms with van der Waals surface area (Å²) in [5, 5.41) is 18.9. The molecule has 1 amide bonds. The van der Waals surface area contributed by atoms with Crippen molar-refractivity contribution in [1.29, 1.82) is 5.26 Å². The minimum atomic E-state index is -1.35. The van der Waals surface area contributed by atoms with Crippen molar-refractivity contribution in [3.8, 4) is 17.5 Å². The fraction of sp³-hybridized carbons (Fsp3) is 0.190. The van der Waals surface area contributed by atoms with Crippen LogP contribution in [0.5, 0.6) is 5.75 Å². The van der Waals surface area contributed by atoms with E-state index in [0.717, 1.165) is 15.5 Å². The largest absolute Gasteiger partial charge is 0.494 e. The Hall–Kier alpha value is -3.78. The van der Waals surface area contributed by atoms with Gasteiger partial charge in [0.2, 0.25) is 0 Å². The average molecular weight is 501 g/mol. The molecule has 162 valence electrons. The number of rotatable bonds is 3. The predicted octanol–water partition coefficient (Wildman–Crippen LogP) is 3.16. The summed E-state index contributed by atoms with van der Waals surface area (Å²) in [6.45, 7) is -0.348. The Labute approximate surface area is 188 Å². The summed E-state index contributed by atoms with van der Waals surface area (Å²) in [6.07, 6.45) is -1.53. The van der Waals surface area contributed by atoms with Crippen molar-refractivity contribution in [1.82, 2.24) is 14.5 Å². The molecule has 1 aliphatic rings. The fourth-order valence-corrected chi connectivity index (χ4v) is 4.27. The Kier molecular flexibility index (Phi) is 5.40. The smallest absolute Gasteiger partial charge is 0.408 e. The number of halogens is 2. The van der Waals surface area contributed by atoms with Crippen LogP contribution in [0.3, 0.4) is 0 Å². The van der Waals surface area contributed by atoms with Crippen molar-refractivity contribution in [2.45, 2.75) is 12.5 Å². The summed E-state index contributed by atoms with van der Waals surface area (Å²) in [6, 6.07) is 7.53. The molecule has 0 bridgehead atoms.